The van der Waals surface area contributed by atoms with Crippen molar-refractivity contribution in [2.45, 2.75) is 76.7 Å². The van der Waals surface area contributed by atoms with Crippen molar-refractivity contribution in [3.8, 4) is 0 Å². The van der Waals surface area contributed by atoms with Gasteiger partial charge in [-0.2, -0.15) is 0 Å². The molecule has 0 unspecified atom stereocenters. The third-order valence-corrected chi connectivity index (χ3v) is 7.44. The van der Waals surface area contributed by atoms with Gasteiger partial charge >= 0.3 is 0 Å². The summed E-state index contributed by atoms with van der Waals surface area (Å²) >= 11 is 0. The van der Waals surface area contributed by atoms with Crippen molar-refractivity contribution in [3.05, 3.63) is 53.0 Å². The molecule has 1 aromatic carbocycles. The Morgan fingerprint density at radius 3 is 2.65 bits per heavy atom. The van der Waals surface area contributed by atoms with E-state index >= 15 is 0 Å². The van der Waals surface area contributed by atoms with Gasteiger partial charge in [0, 0.05) is 36.3 Å². The highest BCUT2D eigenvalue weighted by atomic mass is 16.2. The molecule has 5 rings (SSSR count). The fourth-order valence-corrected chi connectivity index (χ4v) is 5.71. The first-order valence-electron chi connectivity index (χ1n) is 12.1. The van der Waals surface area contributed by atoms with Gasteiger partial charge < -0.3 is 0 Å². The van der Waals surface area contributed by atoms with Crippen LogP contribution >= 0.6 is 0 Å². The van der Waals surface area contributed by atoms with Gasteiger partial charge in [0.2, 0.25) is 5.91 Å². The Labute approximate surface area is 185 Å². The van der Waals surface area contributed by atoms with Crippen LogP contribution in [0.15, 0.2) is 30.3 Å². The molecular weight excluding hydrogens is 384 g/mol. The molecule has 31 heavy (non-hydrogen) atoms. The van der Waals surface area contributed by atoms with E-state index in [1.165, 1.54) is 44.2 Å². The average molecular weight is 419 g/mol. The molecule has 1 aromatic heterocycles. The van der Waals surface area contributed by atoms with Crippen LogP contribution in [-0.4, -0.2) is 46.5 Å². The zero-order valence-electron chi connectivity index (χ0n) is 18.7. The molecule has 1 saturated heterocycles. The topological polar surface area (TPSA) is 49.3 Å². The lowest BCUT2D eigenvalue weighted by Gasteiger charge is -2.36. The minimum Gasteiger partial charge on any atom is -0.300 e. The second kappa shape index (κ2) is 9.07. The van der Waals surface area contributed by atoms with Gasteiger partial charge in [0.25, 0.3) is 0 Å². The number of carbonyl (C=O) groups excluding carboxylic acids is 1. The number of aryl methyl sites for hydroxylation is 2. The predicted octanol–water partition coefficient (Wildman–Crippen LogP) is 4.43. The number of benzene rings is 1. The van der Waals surface area contributed by atoms with Crippen LogP contribution in [-0.2, 0) is 17.6 Å². The minimum absolute atomic E-state index is 0.175. The van der Waals surface area contributed by atoms with Crippen molar-refractivity contribution in [3.63, 3.8) is 0 Å². The highest BCUT2D eigenvalue weighted by Gasteiger charge is 2.34. The molecule has 0 radical (unpaired) electrons. The SMILES string of the molecule is Cc1nc([C@@H]2CCCN(C3CCCC3)C2)nc2c1CC(=O)N2CCCc1ccccc1. The molecular formula is C26H34N4O. The first-order chi connectivity index (χ1) is 15.2. The maximum Gasteiger partial charge on any atom is 0.232 e. The minimum atomic E-state index is 0.175. The summed E-state index contributed by atoms with van der Waals surface area (Å²) in [5.74, 6) is 2.41. The summed E-state index contributed by atoms with van der Waals surface area (Å²) in [5, 5.41) is 0. The van der Waals surface area contributed by atoms with Crippen LogP contribution in [0, 0.1) is 6.92 Å². The number of nitrogens with zero attached hydrogens (tertiary/aromatic N) is 4. The van der Waals surface area contributed by atoms with E-state index in [9.17, 15) is 4.79 Å². The maximum absolute atomic E-state index is 12.8. The maximum atomic E-state index is 12.8. The van der Waals surface area contributed by atoms with E-state index in [4.69, 9.17) is 9.97 Å². The fourth-order valence-electron chi connectivity index (χ4n) is 5.71. The van der Waals surface area contributed by atoms with Crippen LogP contribution in [0.4, 0.5) is 5.82 Å². The predicted molar refractivity (Wildman–Crippen MR) is 123 cm³/mol. The molecule has 0 bridgehead atoms. The molecule has 164 valence electrons. The summed E-state index contributed by atoms with van der Waals surface area (Å²) in [5.41, 5.74) is 3.36. The quantitative estimate of drug-likeness (QED) is 0.696. The molecule has 1 saturated carbocycles. The van der Waals surface area contributed by atoms with E-state index in [2.05, 4.69) is 36.1 Å². The molecule has 2 fully saturated rings. The third-order valence-electron chi connectivity index (χ3n) is 7.44. The Morgan fingerprint density at radius 1 is 1.03 bits per heavy atom. The number of amides is 1. The van der Waals surface area contributed by atoms with Crippen LogP contribution in [0.2, 0.25) is 0 Å². The van der Waals surface area contributed by atoms with E-state index in [1.54, 1.807) is 0 Å². The lowest BCUT2D eigenvalue weighted by atomic mass is 9.95. The van der Waals surface area contributed by atoms with Gasteiger partial charge in [0.15, 0.2) is 0 Å². The molecule has 2 aliphatic heterocycles. The first kappa shape index (κ1) is 20.6. The number of hydrogen-bond donors (Lipinski definition) is 0. The molecule has 1 aliphatic carbocycles. The molecule has 0 spiro atoms. The van der Waals surface area contributed by atoms with Crippen molar-refractivity contribution in [2.24, 2.45) is 0 Å². The zero-order chi connectivity index (χ0) is 21.2. The van der Waals surface area contributed by atoms with E-state index in [-0.39, 0.29) is 5.91 Å². The molecule has 3 heterocycles. The fraction of sp³-hybridized carbons (Fsp3) is 0.577. The number of rotatable bonds is 6. The standard InChI is InChI=1S/C26H34N4O/c1-19-23-17-24(31)30(16-7-11-20-9-3-2-4-10-20)26(23)28-25(27-19)21-12-8-15-29(18-21)22-13-5-6-14-22/h2-4,9-10,21-22H,5-8,11-18H2,1H3/t21-/m1/s1. The second-order valence-electron chi connectivity index (χ2n) is 9.55. The highest BCUT2D eigenvalue weighted by Crippen LogP contribution is 2.34. The summed E-state index contributed by atoms with van der Waals surface area (Å²) in [4.78, 5) is 27.3. The molecule has 3 aliphatic rings. The summed E-state index contributed by atoms with van der Waals surface area (Å²) in [7, 11) is 0. The van der Waals surface area contributed by atoms with Crippen LogP contribution in [0.5, 0.6) is 0 Å². The largest absolute Gasteiger partial charge is 0.300 e. The lowest BCUT2D eigenvalue weighted by molar-refractivity contribution is -0.117. The molecule has 1 atom stereocenters. The van der Waals surface area contributed by atoms with Crippen molar-refractivity contribution in [2.75, 3.05) is 24.5 Å². The zero-order valence-corrected chi connectivity index (χ0v) is 18.7. The number of carbonyl (C=O) groups is 1. The number of fused-ring (bicyclic) bond motifs is 1. The molecule has 1 amide bonds. The number of likely N-dealkylation sites (tertiary alicyclic amines) is 1. The molecule has 2 aromatic rings. The smallest absolute Gasteiger partial charge is 0.232 e. The van der Waals surface area contributed by atoms with Crippen molar-refractivity contribution in [1.82, 2.24) is 14.9 Å². The van der Waals surface area contributed by atoms with Crippen molar-refractivity contribution < 1.29 is 4.79 Å². The Kier molecular flexibility index (Phi) is 6.04. The van der Waals surface area contributed by atoms with Gasteiger partial charge in [-0.1, -0.05) is 43.2 Å². The van der Waals surface area contributed by atoms with E-state index < -0.39 is 0 Å². The summed E-state index contributed by atoms with van der Waals surface area (Å²) in [6.45, 7) is 5.08. The summed E-state index contributed by atoms with van der Waals surface area (Å²) in [6.07, 6.45) is 10.2. The lowest BCUT2D eigenvalue weighted by Crippen LogP contribution is -2.41. The van der Waals surface area contributed by atoms with Gasteiger partial charge in [0.05, 0.1) is 6.42 Å². The molecule has 0 N–H and O–H groups in total. The van der Waals surface area contributed by atoms with Crippen LogP contribution in [0.3, 0.4) is 0 Å². The van der Waals surface area contributed by atoms with Gasteiger partial charge in [-0.25, -0.2) is 9.97 Å². The molecule has 5 heteroatoms. The van der Waals surface area contributed by atoms with Crippen molar-refractivity contribution in [1.29, 1.82) is 0 Å². The summed E-state index contributed by atoms with van der Waals surface area (Å²) < 4.78 is 0. The Morgan fingerprint density at radius 2 is 1.84 bits per heavy atom. The second-order valence-corrected chi connectivity index (χ2v) is 9.55. The number of hydrogen-bond acceptors (Lipinski definition) is 4. The monoisotopic (exact) mass is 418 g/mol. The van der Waals surface area contributed by atoms with E-state index in [0.29, 0.717) is 12.3 Å². The van der Waals surface area contributed by atoms with Gasteiger partial charge in [-0.15, -0.1) is 0 Å². The summed E-state index contributed by atoms with van der Waals surface area (Å²) in [6, 6.07) is 11.3. The highest BCUT2D eigenvalue weighted by molar-refractivity contribution is 6.00. The van der Waals surface area contributed by atoms with Crippen molar-refractivity contribution >= 4 is 11.7 Å². The van der Waals surface area contributed by atoms with Crippen LogP contribution in [0.25, 0.3) is 0 Å². The van der Waals surface area contributed by atoms with Gasteiger partial charge in [-0.05, 0) is 57.6 Å². The number of piperidine rings is 1. The van der Waals surface area contributed by atoms with E-state index in [1.807, 2.05) is 11.0 Å². The molecule has 5 nitrogen and oxygen atoms in total. The van der Waals surface area contributed by atoms with Gasteiger partial charge in [-0.3, -0.25) is 14.6 Å². The number of aromatic nitrogens is 2. The Bertz CT molecular complexity index is 923. The van der Waals surface area contributed by atoms with Gasteiger partial charge in [0.1, 0.15) is 11.6 Å². The Hall–Kier alpha value is -2.27. The number of anilines is 1. The Balaban J connectivity index is 1.31. The first-order valence-corrected chi connectivity index (χ1v) is 12.1. The normalized spacial score (nSPS) is 22.3. The third kappa shape index (κ3) is 4.38. The average Bonchev–Trinajstić information content (AvgIpc) is 3.44. The van der Waals surface area contributed by atoms with Crippen LogP contribution in [0.1, 0.15) is 73.5 Å². The van der Waals surface area contributed by atoms with E-state index in [0.717, 1.165) is 61.3 Å². The van der Waals surface area contributed by atoms with Crippen LogP contribution < -0.4 is 4.90 Å².